The van der Waals surface area contributed by atoms with Crippen molar-refractivity contribution in [3.8, 4) is 0 Å². The van der Waals surface area contributed by atoms with Gasteiger partial charge in [-0.1, -0.05) is 11.6 Å². The molecule has 20 heavy (non-hydrogen) atoms. The van der Waals surface area contributed by atoms with Crippen molar-refractivity contribution in [3.63, 3.8) is 0 Å². The number of aliphatic hydroxyl groups excluding tert-OH is 1. The highest BCUT2D eigenvalue weighted by Gasteiger charge is 2.17. The molecule has 0 radical (unpaired) electrons. The Hall–Kier alpha value is -1.25. The molecule has 0 aliphatic rings. The van der Waals surface area contributed by atoms with Gasteiger partial charge in [-0.25, -0.2) is 13.5 Å². The number of aromatic nitrogens is 2. The van der Waals surface area contributed by atoms with E-state index in [2.05, 4.69) is 10.4 Å². The van der Waals surface area contributed by atoms with Crippen LogP contribution in [0.4, 0.5) is 14.5 Å². The fraction of sp³-hybridized carbons (Fsp3) is 0.636. The molecular weight excluding hydrogens is 294 g/mol. The van der Waals surface area contributed by atoms with Crippen molar-refractivity contribution in [2.75, 3.05) is 32.5 Å². The van der Waals surface area contributed by atoms with Crippen LogP contribution in [-0.4, -0.2) is 59.5 Å². The van der Waals surface area contributed by atoms with Crippen molar-refractivity contribution < 1.29 is 13.9 Å². The van der Waals surface area contributed by atoms with E-state index in [1.165, 1.54) is 10.9 Å². The number of hydrogen-bond donors (Lipinski definition) is 2. The summed E-state index contributed by atoms with van der Waals surface area (Å²) in [6.07, 6.45) is -3.42. The van der Waals surface area contributed by atoms with Crippen LogP contribution >= 0.6 is 11.6 Å². The summed E-state index contributed by atoms with van der Waals surface area (Å²) in [5, 5.41) is 15.2. The summed E-state index contributed by atoms with van der Waals surface area (Å²) in [6.45, 7) is 0.561. The third kappa shape index (κ3) is 4.69. The molecule has 0 aliphatic carbocycles. The average molecular weight is 311 g/mol. The molecule has 1 aromatic rings. The Bertz CT molecular complexity index is 496. The van der Waals surface area contributed by atoms with Gasteiger partial charge >= 0.3 is 0 Å². The molecule has 2 N–H and O–H groups in total. The maximum Gasteiger partial charge on any atom is 0.287 e. The Labute approximate surface area is 120 Å². The summed E-state index contributed by atoms with van der Waals surface area (Å²) in [5.41, 5.74) is -0.387. The third-order valence-corrected chi connectivity index (χ3v) is 2.90. The highest BCUT2D eigenvalue weighted by molar-refractivity contribution is 6.32. The number of halogens is 3. The van der Waals surface area contributed by atoms with Gasteiger partial charge in [0.05, 0.1) is 18.4 Å². The fourth-order valence-corrected chi connectivity index (χ4v) is 1.56. The Kier molecular flexibility index (Phi) is 6.31. The SMILES string of the molecule is CN(C)CCn1ncc(NCC(O)C(F)F)c(Cl)c1=O. The van der Waals surface area contributed by atoms with E-state index in [9.17, 15) is 13.6 Å². The molecule has 114 valence electrons. The topological polar surface area (TPSA) is 70.4 Å². The fourth-order valence-electron chi connectivity index (χ4n) is 1.35. The zero-order chi connectivity index (χ0) is 15.3. The van der Waals surface area contributed by atoms with Gasteiger partial charge in [0, 0.05) is 13.1 Å². The third-order valence-electron chi connectivity index (χ3n) is 2.54. The highest BCUT2D eigenvalue weighted by atomic mass is 35.5. The molecule has 9 heteroatoms. The number of hydrogen-bond acceptors (Lipinski definition) is 5. The lowest BCUT2D eigenvalue weighted by molar-refractivity contribution is 0.00384. The number of nitrogens with one attached hydrogen (secondary N) is 1. The van der Waals surface area contributed by atoms with Crippen molar-refractivity contribution in [1.29, 1.82) is 0 Å². The van der Waals surface area contributed by atoms with Crippen LogP contribution in [0.15, 0.2) is 11.0 Å². The van der Waals surface area contributed by atoms with Gasteiger partial charge < -0.3 is 15.3 Å². The maximum atomic E-state index is 12.1. The predicted molar refractivity (Wildman–Crippen MR) is 72.6 cm³/mol. The van der Waals surface area contributed by atoms with Crippen LogP contribution in [0.1, 0.15) is 0 Å². The zero-order valence-corrected chi connectivity index (χ0v) is 11.9. The molecule has 6 nitrogen and oxygen atoms in total. The molecule has 1 heterocycles. The lowest BCUT2D eigenvalue weighted by atomic mass is 10.3. The van der Waals surface area contributed by atoms with Crippen LogP contribution in [0.5, 0.6) is 0 Å². The minimum absolute atomic E-state index is 0.123. The molecule has 1 unspecified atom stereocenters. The number of rotatable bonds is 7. The molecule has 1 atom stereocenters. The first kappa shape index (κ1) is 16.8. The van der Waals surface area contributed by atoms with Crippen molar-refractivity contribution in [1.82, 2.24) is 14.7 Å². The standard InChI is InChI=1S/C11H17ClF2N4O2/c1-17(2)3-4-18-11(20)9(12)7(5-16-18)15-6-8(19)10(13)14/h5,8,10,15,19H,3-4,6H2,1-2H3. The van der Waals surface area contributed by atoms with E-state index in [1.54, 1.807) is 0 Å². The summed E-state index contributed by atoms with van der Waals surface area (Å²) in [6, 6.07) is 0. The smallest absolute Gasteiger partial charge is 0.287 e. The largest absolute Gasteiger partial charge is 0.385 e. The number of alkyl halides is 2. The second kappa shape index (κ2) is 7.51. The lowest BCUT2D eigenvalue weighted by Gasteiger charge is -2.14. The van der Waals surface area contributed by atoms with Crippen LogP contribution in [0.2, 0.25) is 5.02 Å². The molecule has 0 saturated heterocycles. The number of anilines is 1. The molecule has 0 aliphatic heterocycles. The molecule has 0 fully saturated rings. The van der Waals surface area contributed by atoms with Crippen molar-refractivity contribution in [2.24, 2.45) is 0 Å². The van der Waals surface area contributed by atoms with Crippen LogP contribution in [0.25, 0.3) is 0 Å². The molecule has 0 aromatic carbocycles. The minimum Gasteiger partial charge on any atom is -0.385 e. The Balaban J connectivity index is 2.76. The molecule has 1 aromatic heterocycles. The van der Waals surface area contributed by atoms with Crippen molar-refractivity contribution >= 4 is 17.3 Å². The zero-order valence-electron chi connectivity index (χ0n) is 11.2. The second-order valence-corrected chi connectivity index (χ2v) is 4.86. The minimum atomic E-state index is -2.87. The van der Waals surface area contributed by atoms with Gasteiger partial charge in [0.2, 0.25) is 0 Å². The van der Waals surface area contributed by atoms with E-state index in [-0.39, 0.29) is 10.7 Å². The Morgan fingerprint density at radius 3 is 2.75 bits per heavy atom. The van der Waals surface area contributed by atoms with Crippen molar-refractivity contribution in [3.05, 3.63) is 21.6 Å². The quantitative estimate of drug-likeness (QED) is 0.767. The van der Waals surface area contributed by atoms with E-state index in [0.29, 0.717) is 13.1 Å². The van der Waals surface area contributed by atoms with E-state index in [1.807, 2.05) is 19.0 Å². The van der Waals surface area contributed by atoms with Gasteiger partial charge in [-0.3, -0.25) is 4.79 Å². The Morgan fingerprint density at radius 1 is 1.55 bits per heavy atom. The van der Waals surface area contributed by atoms with E-state index in [0.717, 1.165) is 0 Å². The predicted octanol–water partition coefficient (Wildman–Crippen LogP) is 0.496. The highest BCUT2D eigenvalue weighted by Crippen LogP contribution is 2.15. The first-order valence-corrected chi connectivity index (χ1v) is 6.31. The summed E-state index contributed by atoms with van der Waals surface area (Å²) >= 11 is 5.86. The molecule has 0 amide bonds. The average Bonchev–Trinajstić information content (AvgIpc) is 2.38. The van der Waals surface area contributed by atoms with Crippen LogP contribution in [-0.2, 0) is 6.54 Å². The number of nitrogens with zero attached hydrogens (tertiary/aromatic N) is 3. The van der Waals surface area contributed by atoms with E-state index < -0.39 is 24.6 Å². The van der Waals surface area contributed by atoms with Gasteiger partial charge in [-0.2, -0.15) is 5.10 Å². The van der Waals surface area contributed by atoms with Gasteiger partial charge in [-0.15, -0.1) is 0 Å². The first-order valence-electron chi connectivity index (χ1n) is 5.93. The molecule has 0 spiro atoms. The Morgan fingerprint density at radius 2 is 2.20 bits per heavy atom. The number of aliphatic hydroxyl groups is 1. The summed E-state index contributed by atoms with van der Waals surface area (Å²) in [5.74, 6) is 0. The van der Waals surface area contributed by atoms with Crippen LogP contribution < -0.4 is 10.9 Å². The second-order valence-electron chi connectivity index (χ2n) is 4.49. The van der Waals surface area contributed by atoms with E-state index in [4.69, 9.17) is 16.7 Å². The van der Waals surface area contributed by atoms with Gasteiger partial charge in [-0.05, 0) is 14.1 Å². The van der Waals surface area contributed by atoms with Gasteiger partial charge in [0.25, 0.3) is 12.0 Å². The van der Waals surface area contributed by atoms with Gasteiger partial charge in [0.1, 0.15) is 11.1 Å². The van der Waals surface area contributed by atoms with Crippen molar-refractivity contribution in [2.45, 2.75) is 19.1 Å². The van der Waals surface area contributed by atoms with Crippen LogP contribution in [0, 0.1) is 0 Å². The van der Waals surface area contributed by atoms with Gasteiger partial charge in [0.15, 0.2) is 0 Å². The van der Waals surface area contributed by atoms with Crippen LogP contribution in [0.3, 0.4) is 0 Å². The molecule has 0 bridgehead atoms. The number of likely N-dealkylation sites (N-methyl/N-ethyl adjacent to an activating group) is 1. The maximum absolute atomic E-state index is 12.1. The molecular formula is C11H17ClF2N4O2. The monoisotopic (exact) mass is 310 g/mol. The summed E-state index contributed by atoms with van der Waals surface area (Å²) < 4.78 is 25.5. The summed E-state index contributed by atoms with van der Waals surface area (Å²) in [7, 11) is 3.71. The normalized spacial score (nSPS) is 13.0. The lowest BCUT2D eigenvalue weighted by Crippen LogP contribution is -2.31. The first-order chi connectivity index (χ1) is 9.32. The summed E-state index contributed by atoms with van der Waals surface area (Å²) in [4.78, 5) is 13.8. The van der Waals surface area contributed by atoms with E-state index >= 15 is 0 Å². The molecule has 1 rings (SSSR count). The molecule has 0 saturated carbocycles.